The highest BCUT2D eigenvalue weighted by Gasteiger charge is 2.35. The Balaban J connectivity index is 0.00000169. The standard InChI is InChI=1S/C6HF3N4.H3N/c7-6(8,9)5-12-3(1-10)4(2-11)13-5;/h(H,12,13);1H3. The van der Waals surface area contributed by atoms with E-state index in [1.54, 1.807) is 4.98 Å². The van der Waals surface area contributed by atoms with Crippen LogP contribution in [-0.4, -0.2) is 9.97 Å². The number of imidazole rings is 1. The molecule has 1 heterocycles. The minimum Gasteiger partial charge on any atom is -0.344 e. The molecule has 0 saturated carbocycles. The fraction of sp³-hybridized carbons (Fsp3) is 0.167. The normalized spacial score (nSPS) is 9.79. The Labute approximate surface area is 76.4 Å². The molecule has 5 nitrogen and oxygen atoms in total. The van der Waals surface area contributed by atoms with Crippen LogP contribution in [0.5, 0.6) is 0 Å². The number of alkyl halides is 3. The second kappa shape index (κ2) is 3.77. The van der Waals surface area contributed by atoms with Gasteiger partial charge in [-0.15, -0.1) is 0 Å². The van der Waals surface area contributed by atoms with Crippen molar-refractivity contribution in [2.24, 2.45) is 0 Å². The molecule has 0 aliphatic heterocycles. The van der Waals surface area contributed by atoms with Crippen LogP contribution in [0.15, 0.2) is 0 Å². The van der Waals surface area contributed by atoms with Crippen molar-refractivity contribution in [3.63, 3.8) is 0 Å². The first kappa shape index (κ1) is 11.9. The molecule has 0 fully saturated rings. The van der Waals surface area contributed by atoms with E-state index in [0.29, 0.717) is 0 Å². The zero-order valence-electron chi connectivity index (χ0n) is 6.68. The summed E-state index contributed by atoms with van der Waals surface area (Å²) in [5.41, 5.74) is -1.02. The fourth-order valence-corrected chi connectivity index (χ4v) is 0.669. The van der Waals surface area contributed by atoms with Gasteiger partial charge in [-0.1, -0.05) is 0 Å². The molecule has 14 heavy (non-hydrogen) atoms. The number of rotatable bonds is 0. The van der Waals surface area contributed by atoms with Gasteiger partial charge in [-0.25, -0.2) is 4.98 Å². The summed E-state index contributed by atoms with van der Waals surface area (Å²) >= 11 is 0. The van der Waals surface area contributed by atoms with E-state index in [0.717, 1.165) is 0 Å². The zero-order chi connectivity index (χ0) is 10.1. The fourth-order valence-electron chi connectivity index (χ4n) is 0.669. The van der Waals surface area contributed by atoms with Crippen LogP contribution < -0.4 is 6.15 Å². The molecule has 0 spiro atoms. The summed E-state index contributed by atoms with van der Waals surface area (Å²) < 4.78 is 35.8. The molecule has 0 aliphatic carbocycles. The lowest BCUT2D eigenvalue weighted by molar-refractivity contribution is -0.144. The predicted molar refractivity (Wildman–Crippen MR) is 38.0 cm³/mol. The van der Waals surface area contributed by atoms with Gasteiger partial charge in [0.25, 0.3) is 0 Å². The van der Waals surface area contributed by atoms with E-state index in [1.165, 1.54) is 12.1 Å². The Morgan fingerprint density at radius 1 is 1.21 bits per heavy atom. The summed E-state index contributed by atoms with van der Waals surface area (Å²) in [7, 11) is 0. The lowest BCUT2D eigenvalue weighted by atomic mass is 10.4. The zero-order valence-corrected chi connectivity index (χ0v) is 6.68. The third kappa shape index (κ3) is 2.00. The maximum absolute atomic E-state index is 11.9. The Hall–Kier alpha value is -2.06. The van der Waals surface area contributed by atoms with Gasteiger partial charge in [-0.2, -0.15) is 23.7 Å². The SMILES string of the molecule is N.N#Cc1nc(C(F)(F)F)[nH]c1C#N. The van der Waals surface area contributed by atoms with Crippen molar-refractivity contribution in [1.82, 2.24) is 16.1 Å². The van der Waals surface area contributed by atoms with Crippen LogP contribution >= 0.6 is 0 Å². The Kier molecular flexibility index (Phi) is 3.21. The highest BCUT2D eigenvalue weighted by molar-refractivity contribution is 5.36. The molecule has 0 radical (unpaired) electrons. The van der Waals surface area contributed by atoms with Crippen LogP contribution in [0.4, 0.5) is 13.2 Å². The number of H-pyrrole nitrogens is 1. The number of nitrogens with zero attached hydrogens (tertiary/aromatic N) is 3. The molecule has 1 aromatic rings. The van der Waals surface area contributed by atoms with Crippen LogP contribution in [-0.2, 0) is 6.18 Å². The molecular weight excluding hydrogens is 199 g/mol. The summed E-state index contributed by atoms with van der Waals surface area (Å²) in [6, 6.07) is 2.77. The molecule has 74 valence electrons. The van der Waals surface area contributed by atoms with Gasteiger partial charge in [0.15, 0.2) is 11.4 Å². The first-order valence-corrected chi connectivity index (χ1v) is 2.96. The van der Waals surface area contributed by atoms with Gasteiger partial charge in [0, 0.05) is 0 Å². The first-order valence-electron chi connectivity index (χ1n) is 2.96. The predicted octanol–water partition coefficient (Wildman–Crippen LogP) is 1.33. The Morgan fingerprint density at radius 2 is 1.79 bits per heavy atom. The number of hydrogen-bond donors (Lipinski definition) is 2. The molecule has 0 aromatic carbocycles. The van der Waals surface area contributed by atoms with Gasteiger partial charge in [-0.3, -0.25) is 0 Å². The van der Waals surface area contributed by atoms with Gasteiger partial charge >= 0.3 is 6.18 Å². The summed E-state index contributed by atoms with van der Waals surface area (Å²) in [5, 5.41) is 16.6. The summed E-state index contributed by atoms with van der Waals surface area (Å²) in [6.07, 6.45) is -4.67. The molecule has 0 bridgehead atoms. The van der Waals surface area contributed by atoms with Crippen LogP contribution in [0.1, 0.15) is 17.2 Å². The van der Waals surface area contributed by atoms with Gasteiger partial charge in [0.1, 0.15) is 12.1 Å². The molecule has 0 amide bonds. The average Bonchev–Trinajstić information content (AvgIpc) is 2.45. The maximum atomic E-state index is 11.9. The molecule has 0 aliphatic rings. The second-order valence-corrected chi connectivity index (χ2v) is 2.03. The number of halogens is 3. The van der Waals surface area contributed by atoms with Gasteiger partial charge in [-0.05, 0) is 0 Å². The molecular formula is C6H4F3N5. The van der Waals surface area contributed by atoms with Gasteiger partial charge in [0.05, 0.1) is 0 Å². The third-order valence-electron chi connectivity index (χ3n) is 1.19. The highest BCUT2D eigenvalue weighted by atomic mass is 19.4. The maximum Gasteiger partial charge on any atom is 0.449 e. The Morgan fingerprint density at radius 3 is 2.07 bits per heavy atom. The van der Waals surface area contributed by atoms with Crippen molar-refractivity contribution in [2.75, 3.05) is 0 Å². The van der Waals surface area contributed by atoms with E-state index in [2.05, 4.69) is 4.98 Å². The van der Waals surface area contributed by atoms with Crippen molar-refractivity contribution >= 4 is 0 Å². The molecule has 8 heteroatoms. The van der Waals surface area contributed by atoms with E-state index in [1.807, 2.05) is 0 Å². The number of aromatic amines is 1. The van der Waals surface area contributed by atoms with E-state index >= 15 is 0 Å². The average molecular weight is 203 g/mol. The summed E-state index contributed by atoms with van der Waals surface area (Å²) in [5.74, 6) is -1.33. The Bertz CT molecular complexity index is 373. The number of hydrogen-bond acceptors (Lipinski definition) is 4. The van der Waals surface area contributed by atoms with Crippen LogP contribution in [0, 0.1) is 22.7 Å². The van der Waals surface area contributed by atoms with Crippen molar-refractivity contribution in [3.8, 4) is 12.1 Å². The molecule has 4 N–H and O–H groups in total. The van der Waals surface area contributed by atoms with Gasteiger partial charge in [0.2, 0.25) is 5.82 Å². The van der Waals surface area contributed by atoms with Crippen LogP contribution in [0.25, 0.3) is 0 Å². The van der Waals surface area contributed by atoms with Crippen LogP contribution in [0.3, 0.4) is 0 Å². The molecule has 1 aromatic heterocycles. The van der Waals surface area contributed by atoms with Crippen LogP contribution in [0.2, 0.25) is 0 Å². The molecule has 0 unspecified atom stereocenters. The molecule has 1 rings (SSSR count). The summed E-state index contributed by atoms with van der Waals surface area (Å²) in [6.45, 7) is 0. The minimum atomic E-state index is -4.67. The van der Waals surface area contributed by atoms with E-state index in [-0.39, 0.29) is 6.15 Å². The first-order chi connectivity index (χ1) is 5.99. The van der Waals surface area contributed by atoms with Crippen molar-refractivity contribution < 1.29 is 13.2 Å². The van der Waals surface area contributed by atoms with Crippen molar-refractivity contribution in [1.29, 1.82) is 10.5 Å². The molecule has 0 atom stereocenters. The largest absolute Gasteiger partial charge is 0.449 e. The highest BCUT2D eigenvalue weighted by Crippen LogP contribution is 2.27. The topological polar surface area (TPSA) is 111 Å². The lowest BCUT2D eigenvalue weighted by Gasteiger charge is -1.98. The summed E-state index contributed by atoms with van der Waals surface area (Å²) in [4.78, 5) is 4.61. The lowest BCUT2D eigenvalue weighted by Crippen LogP contribution is -2.07. The minimum absolute atomic E-state index is 0. The van der Waals surface area contributed by atoms with E-state index < -0.39 is 23.4 Å². The number of nitriles is 2. The van der Waals surface area contributed by atoms with E-state index in [9.17, 15) is 13.2 Å². The smallest absolute Gasteiger partial charge is 0.344 e. The third-order valence-corrected chi connectivity index (χ3v) is 1.19. The van der Waals surface area contributed by atoms with Gasteiger partial charge < -0.3 is 11.1 Å². The second-order valence-electron chi connectivity index (χ2n) is 2.03. The van der Waals surface area contributed by atoms with E-state index in [4.69, 9.17) is 10.5 Å². The van der Waals surface area contributed by atoms with Crippen molar-refractivity contribution in [3.05, 3.63) is 17.2 Å². The number of aromatic nitrogens is 2. The number of nitrogens with one attached hydrogen (secondary N) is 1. The molecule has 0 saturated heterocycles. The quantitative estimate of drug-likeness (QED) is 0.662. The monoisotopic (exact) mass is 203 g/mol. The van der Waals surface area contributed by atoms with Crippen molar-refractivity contribution in [2.45, 2.75) is 6.18 Å².